The molecule has 36 heavy (non-hydrogen) atoms. The first-order valence-electron chi connectivity index (χ1n) is 10.2. The summed E-state index contributed by atoms with van der Waals surface area (Å²) in [7, 11) is 0. The third-order valence-corrected chi connectivity index (χ3v) is 5.24. The Morgan fingerprint density at radius 1 is 0.917 bits per heavy atom. The van der Waals surface area contributed by atoms with Gasteiger partial charge in [-0.2, -0.15) is 8.78 Å². The predicted octanol–water partition coefficient (Wildman–Crippen LogP) is 5.82. The van der Waals surface area contributed by atoms with Crippen LogP contribution in [0.5, 0.6) is 17.2 Å². The molecule has 0 radical (unpaired) electrons. The molecule has 1 aliphatic rings. The van der Waals surface area contributed by atoms with Gasteiger partial charge in [-0.05, 0) is 38.1 Å². The van der Waals surface area contributed by atoms with E-state index in [1.807, 2.05) is 0 Å². The number of carbonyl (C=O) groups excluding carboxylic acids is 2. The maximum atomic E-state index is 13.9. The summed E-state index contributed by atoms with van der Waals surface area (Å²) in [6.07, 6.45) is -0.590. The zero-order valence-corrected chi connectivity index (χ0v) is 18.4. The van der Waals surface area contributed by atoms with Gasteiger partial charge < -0.3 is 14.2 Å². The van der Waals surface area contributed by atoms with Crippen molar-refractivity contribution >= 4 is 17.8 Å². The topological polar surface area (TPSA) is 61.8 Å². The van der Waals surface area contributed by atoms with Gasteiger partial charge in [0.25, 0.3) is 0 Å². The van der Waals surface area contributed by atoms with Crippen LogP contribution in [-0.2, 0) is 4.79 Å². The number of benzene rings is 3. The lowest BCUT2D eigenvalue weighted by Gasteiger charge is -2.16. The second-order valence-electron chi connectivity index (χ2n) is 7.61. The highest BCUT2D eigenvalue weighted by Gasteiger charge is 2.33. The fourth-order valence-corrected chi connectivity index (χ4v) is 3.32. The zero-order chi connectivity index (χ0) is 26.3. The van der Waals surface area contributed by atoms with Gasteiger partial charge in [0, 0.05) is 11.1 Å². The maximum Gasteiger partial charge on any atom is 0.352 e. The minimum atomic E-state index is -2.38. The van der Waals surface area contributed by atoms with Crippen molar-refractivity contribution < 1.29 is 50.1 Å². The largest absolute Gasteiger partial charge is 0.473 e. The first-order valence-corrected chi connectivity index (χ1v) is 10.2. The highest BCUT2D eigenvalue weighted by Crippen LogP contribution is 2.39. The first kappa shape index (κ1) is 24.8. The summed E-state index contributed by atoms with van der Waals surface area (Å²) in [6.45, 7) is 2.41. The molecule has 0 amide bonds. The Kier molecular flexibility index (Phi) is 6.49. The van der Waals surface area contributed by atoms with Crippen molar-refractivity contribution in [3.63, 3.8) is 0 Å². The van der Waals surface area contributed by atoms with E-state index < -0.39 is 58.5 Å². The lowest BCUT2D eigenvalue weighted by molar-refractivity contribution is -0.141. The van der Waals surface area contributed by atoms with Crippen LogP contribution in [0.25, 0.3) is 6.08 Å². The fraction of sp³-hybridized carbons (Fsp3) is 0.120. The van der Waals surface area contributed by atoms with E-state index in [1.54, 1.807) is 6.07 Å². The van der Waals surface area contributed by atoms with E-state index in [0.29, 0.717) is 0 Å². The number of allylic oxidation sites excluding steroid dienone is 1. The van der Waals surface area contributed by atoms with Crippen LogP contribution < -0.4 is 14.2 Å². The Bertz CT molecular complexity index is 1420. The van der Waals surface area contributed by atoms with Crippen molar-refractivity contribution in [2.45, 2.75) is 20.0 Å². The van der Waals surface area contributed by atoms with Gasteiger partial charge in [-0.3, -0.25) is 4.79 Å². The Morgan fingerprint density at radius 3 is 2.17 bits per heavy atom. The molecule has 3 aromatic rings. The lowest BCUT2D eigenvalue weighted by atomic mass is 10.1. The van der Waals surface area contributed by atoms with Crippen LogP contribution >= 0.6 is 0 Å². The molecule has 0 aromatic heterocycles. The summed E-state index contributed by atoms with van der Waals surface area (Å²) in [4.78, 5) is 25.1. The molecule has 0 saturated carbocycles. The number of fused-ring (bicyclic) bond motifs is 1. The number of ketones is 1. The molecular formula is C25H14F6O5. The minimum Gasteiger partial charge on any atom is -0.473 e. The summed E-state index contributed by atoms with van der Waals surface area (Å²) >= 11 is 0. The second-order valence-corrected chi connectivity index (χ2v) is 7.61. The molecule has 0 aliphatic carbocycles. The number of halogens is 6. The van der Waals surface area contributed by atoms with E-state index in [1.165, 1.54) is 43.3 Å². The molecule has 1 heterocycles. The average molecular weight is 508 g/mol. The molecule has 0 saturated heterocycles. The molecule has 0 fully saturated rings. The van der Waals surface area contributed by atoms with E-state index in [9.17, 15) is 35.9 Å². The van der Waals surface area contributed by atoms with Crippen LogP contribution in [-0.4, -0.2) is 17.9 Å². The molecule has 0 spiro atoms. The van der Waals surface area contributed by atoms with E-state index in [2.05, 4.69) is 4.74 Å². The van der Waals surface area contributed by atoms with Crippen LogP contribution in [0.3, 0.4) is 0 Å². The summed E-state index contributed by atoms with van der Waals surface area (Å²) < 4.78 is 97.0. The maximum absolute atomic E-state index is 13.9. The van der Waals surface area contributed by atoms with Gasteiger partial charge in [0.1, 0.15) is 17.3 Å². The highest BCUT2D eigenvalue weighted by molar-refractivity contribution is 6.15. The van der Waals surface area contributed by atoms with Crippen molar-refractivity contribution in [2.24, 2.45) is 0 Å². The molecule has 0 bridgehead atoms. The summed E-state index contributed by atoms with van der Waals surface area (Å²) in [5.74, 6) is -15.6. The van der Waals surface area contributed by atoms with Crippen molar-refractivity contribution in [2.75, 3.05) is 0 Å². The highest BCUT2D eigenvalue weighted by atomic mass is 19.2. The monoisotopic (exact) mass is 508 g/mol. The van der Waals surface area contributed by atoms with E-state index >= 15 is 0 Å². The molecular weight excluding hydrogens is 494 g/mol. The molecule has 1 aliphatic heterocycles. The third-order valence-electron chi connectivity index (χ3n) is 5.24. The van der Waals surface area contributed by atoms with E-state index in [0.717, 1.165) is 6.92 Å². The molecule has 5 nitrogen and oxygen atoms in total. The SMILES string of the molecule is Cc1c(OC(=O)C(C)Oc2c(F)c(F)c(F)c(F)c2F)ccc2c1O/C(=C\c1ccccc1F)C2=O. The molecule has 11 heteroatoms. The van der Waals surface area contributed by atoms with Crippen LogP contribution in [0.4, 0.5) is 26.3 Å². The number of carbonyl (C=O) groups is 2. The van der Waals surface area contributed by atoms with Crippen molar-refractivity contribution in [1.29, 1.82) is 0 Å². The van der Waals surface area contributed by atoms with Crippen molar-refractivity contribution in [3.05, 3.63) is 93.8 Å². The molecule has 1 unspecified atom stereocenters. The molecule has 3 aromatic carbocycles. The van der Waals surface area contributed by atoms with Gasteiger partial charge in [-0.1, -0.05) is 18.2 Å². The standard InChI is InChI=1S/C25H14F6O5/c1-10-15(36-25(33)11(2)34-24-20(30)18(28)17(27)19(29)21(24)31)8-7-13-22(32)16(35-23(10)13)9-12-5-3-4-6-14(12)26/h3-9,11H,1-2H3/b16-9-. The zero-order valence-electron chi connectivity index (χ0n) is 18.4. The fourth-order valence-electron chi connectivity index (χ4n) is 3.32. The van der Waals surface area contributed by atoms with Crippen LogP contribution in [0.1, 0.15) is 28.4 Å². The second kappa shape index (κ2) is 9.40. The quantitative estimate of drug-likeness (QED) is 0.109. The Labute approximate surface area is 199 Å². The smallest absolute Gasteiger partial charge is 0.352 e. The molecule has 4 rings (SSSR count). The van der Waals surface area contributed by atoms with E-state index in [-0.39, 0.29) is 33.9 Å². The van der Waals surface area contributed by atoms with Gasteiger partial charge in [0.05, 0.1) is 5.56 Å². The van der Waals surface area contributed by atoms with Gasteiger partial charge in [0.15, 0.2) is 17.6 Å². The number of ether oxygens (including phenoxy) is 3. The Hall–Kier alpha value is -4.28. The van der Waals surface area contributed by atoms with Gasteiger partial charge in [-0.25, -0.2) is 22.4 Å². The van der Waals surface area contributed by atoms with Gasteiger partial charge >= 0.3 is 5.97 Å². The number of Topliss-reactive ketones (excluding diaryl/α,β-unsaturated/α-hetero) is 1. The minimum absolute atomic E-state index is 0.0289. The summed E-state index contributed by atoms with van der Waals surface area (Å²) in [5.41, 5.74) is 0.396. The van der Waals surface area contributed by atoms with Crippen LogP contribution in [0.15, 0.2) is 42.2 Å². The average Bonchev–Trinajstić information content (AvgIpc) is 3.18. The number of hydrogen-bond acceptors (Lipinski definition) is 5. The van der Waals surface area contributed by atoms with Crippen LogP contribution in [0, 0.1) is 41.8 Å². The molecule has 0 N–H and O–H groups in total. The predicted molar refractivity (Wildman–Crippen MR) is 112 cm³/mol. The molecule has 186 valence electrons. The molecule has 1 atom stereocenters. The van der Waals surface area contributed by atoms with Crippen molar-refractivity contribution in [3.8, 4) is 17.2 Å². The van der Waals surface area contributed by atoms with Crippen LogP contribution in [0.2, 0.25) is 0 Å². The number of hydrogen-bond donors (Lipinski definition) is 0. The number of rotatable bonds is 5. The Morgan fingerprint density at radius 2 is 1.53 bits per heavy atom. The third kappa shape index (κ3) is 4.28. The summed E-state index contributed by atoms with van der Waals surface area (Å²) in [5, 5.41) is 0. The lowest BCUT2D eigenvalue weighted by Crippen LogP contribution is -2.29. The number of esters is 1. The normalized spacial score (nSPS) is 14.4. The van der Waals surface area contributed by atoms with Crippen molar-refractivity contribution in [1.82, 2.24) is 0 Å². The summed E-state index contributed by atoms with van der Waals surface area (Å²) in [6, 6.07) is 8.21. The first-order chi connectivity index (χ1) is 17.0. The van der Waals surface area contributed by atoms with Gasteiger partial charge in [-0.15, -0.1) is 0 Å². The van der Waals surface area contributed by atoms with E-state index in [4.69, 9.17) is 9.47 Å². The Balaban J connectivity index is 1.55. The van der Waals surface area contributed by atoms with Gasteiger partial charge in [0.2, 0.25) is 34.9 Å².